The first kappa shape index (κ1) is 14.3. The number of carbonyl (C=O) groups is 1. The molecule has 0 aliphatic carbocycles. The van der Waals surface area contributed by atoms with Crippen molar-refractivity contribution in [3.8, 4) is 0 Å². The Hall–Kier alpha value is -2.62. The van der Waals surface area contributed by atoms with E-state index in [1.54, 1.807) is 0 Å². The van der Waals surface area contributed by atoms with Crippen LogP contribution in [0, 0.1) is 13.8 Å². The minimum atomic E-state index is 0.00126. The minimum absolute atomic E-state index is 0.00126. The van der Waals surface area contributed by atoms with Gasteiger partial charge in [0.1, 0.15) is 0 Å². The van der Waals surface area contributed by atoms with E-state index >= 15 is 0 Å². The molecule has 0 fully saturated rings. The van der Waals surface area contributed by atoms with Gasteiger partial charge in [-0.15, -0.1) is 0 Å². The van der Waals surface area contributed by atoms with Gasteiger partial charge in [0, 0.05) is 17.5 Å². The van der Waals surface area contributed by atoms with Crippen LogP contribution in [0.1, 0.15) is 17.5 Å². The summed E-state index contributed by atoms with van der Waals surface area (Å²) in [5, 5.41) is 8.40. The number of hydrogen-bond donors (Lipinski definition) is 1. The fourth-order valence-electron chi connectivity index (χ4n) is 2.54. The number of anilines is 1. The third-order valence-electron chi connectivity index (χ3n) is 3.65. The van der Waals surface area contributed by atoms with Gasteiger partial charge in [0.15, 0.2) is 0 Å². The number of amides is 1. The summed E-state index contributed by atoms with van der Waals surface area (Å²) in [6, 6.07) is 14.0. The molecule has 1 amide bonds. The van der Waals surface area contributed by atoms with E-state index in [0.717, 1.165) is 22.2 Å². The van der Waals surface area contributed by atoms with Gasteiger partial charge >= 0.3 is 0 Å². The Balaban J connectivity index is 1.65. The first-order chi connectivity index (χ1) is 10.6. The molecule has 22 heavy (non-hydrogen) atoms. The Labute approximate surface area is 129 Å². The number of rotatable bonds is 4. The molecule has 4 heteroatoms. The number of carbonyl (C=O) groups excluding carboxylic acids is 1. The summed E-state index contributed by atoms with van der Waals surface area (Å²) in [5.41, 5.74) is 4.25. The highest BCUT2D eigenvalue weighted by Gasteiger charge is 2.06. The van der Waals surface area contributed by atoms with E-state index in [1.165, 1.54) is 5.56 Å². The van der Waals surface area contributed by atoms with E-state index in [1.807, 2.05) is 42.1 Å². The maximum Gasteiger partial charge on any atom is 0.226 e. The Kier molecular flexibility index (Phi) is 3.92. The fraction of sp³-hybridized carbons (Fsp3) is 0.222. The van der Waals surface area contributed by atoms with E-state index in [4.69, 9.17) is 0 Å². The average Bonchev–Trinajstić information content (AvgIpc) is 2.87. The number of nitrogens with one attached hydrogen (secondary N) is 1. The number of hydrogen-bond acceptors (Lipinski definition) is 2. The highest BCUT2D eigenvalue weighted by Crippen LogP contribution is 2.16. The number of aromatic nitrogens is 2. The predicted octanol–water partition coefficient (Wildman–Crippen LogP) is 3.68. The molecule has 1 aromatic heterocycles. The quantitative estimate of drug-likeness (QED) is 0.797. The van der Waals surface area contributed by atoms with Crippen LogP contribution in [0.15, 0.2) is 48.7 Å². The molecular formula is C18H19N3O. The Morgan fingerprint density at radius 1 is 1.14 bits per heavy atom. The lowest BCUT2D eigenvalue weighted by molar-refractivity contribution is -0.116. The van der Waals surface area contributed by atoms with Gasteiger partial charge in [0.2, 0.25) is 5.91 Å². The maximum absolute atomic E-state index is 12.1. The van der Waals surface area contributed by atoms with Crippen LogP contribution >= 0.6 is 0 Å². The topological polar surface area (TPSA) is 46.9 Å². The van der Waals surface area contributed by atoms with Crippen molar-refractivity contribution in [3.05, 3.63) is 59.8 Å². The highest BCUT2D eigenvalue weighted by molar-refractivity contribution is 5.90. The summed E-state index contributed by atoms with van der Waals surface area (Å²) < 4.78 is 1.88. The standard InChI is InChI=1S/C18H19N3O/c1-13-4-3-5-16(11-13)20-18(22)8-9-21-17-7-6-14(2)10-15(17)12-19-21/h3-7,10-12H,8-9H2,1-2H3,(H,20,22). The monoisotopic (exact) mass is 293 g/mol. The van der Waals surface area contributed by atoms with Crippen LogP contribution in [-0.2, 0) is 11.3 Å². The Morgan fingerprint density at radius 2 is 1.95 bits per heavy atom. The predicted molar refractivity (Wildman–Crippen MR) is 88.9 cm³/mol. The summed E-state index contributed by atoms with van der Waals surface area (Å²) in [4.78, 5) is 12.1. The van der Waals surface area contributed by atoms with Crippen LogP contribution in [0.2, 0.25) is 0 Å². The van der Waals surface area contributed by atoms with Gasteiger partial charge in [-0.25, -0.2) is 0 Å². The second-order valence-corrected chi connectivity index (χ2v) is 5.60. The summed E-state index contributed by atoms with van der Waals surface area (Å²) in [6.45, 7) is 4.64. The van der Waals surface area contributed by atoms with E-state index in [-0.39, 0.29) is 5.91 Å². The molecule has 0 saturated heterocycles. The van der Waals surface area contributed by atoms with Crippen LogP contribution in [0.4, 0.5) is 5.69 Å². The fourth-order valence-corrected chi connectivity index (χ4v) is 2.54. The molecular weight excluding hydrogens is 274 g/mol. The maximum atomic E-state index is 12.1. The molecule has 112 valence electrons. The molecule has 1 N–H and O–H groups in total. The number of fused-ring (bicyclic) bond motifs is 1. The van der Waals surface area contributed by atoms with Crippen LogP contribution in [-0.4, -0.2) is 15.7 Å². The van der Waals surface area contributed by atoms with Gasteiger partial charge in [0.05, 0.1) is 18.3 Å². The van der Waals surface area contributed by atoms with Crippen molar-refractivity contribution in [1.29, 1.82) is 0 Å². The van der Waals surface area contributed by atoms with E-state index in [0.29, 0.717) is 13.0 Å². The third-order valence-corrected chi connectivity index (χ3v) is 3.65. The minimum Gasteiger partial charge on any atom is -0.326 e. The zero-order chi connectivity index (χ0) is 15.5. The number of aryl methyl sites for hydroxylation is 3. The van der Waals surface area contributed by atoms with Crippen LogP contribution < -0.4 is 5.32 Å². The molecule has 0 bridgehead atoms. The molecule has 3 rings (SSSR count). The van der Waals surface area contributed by atoms with E-state index in [2.05, 4.69) is 35.5 Å². The molecule has 0 unspecified atom stereocenters. The normalized spacial score (nSPS) is 10.8. The second kappa shape index (κ2) is 6.02. The first-order valence-electron chi connectivity index (χ1n) is 7.40. The average molecular weight is 293 g/mol. The van der Waals surface area contributed by atoms with Gasteiger partial charge in [-0.2, -0.15) is 5.10 Å². The van der Waals surface area contributed by atoms with Crippen molar-refractivity contribution >= 4 is 22.5 Å². The first-order valence-corrected chi connectivity index (χ1v) is 7.40. The molecule has 2 aromatic carbocycles. The second-order valence-electron chi connectivity index (χ2n) is 5.60. The lowest BCUT2D eigenvalue weighted by Crippen LogP contribution is -2.15. The van der Waals surface area contributed by atoms with Crippen molar-refractivity contribution in [1.82, 2.24) is 9.78 Å². The van der Waals surface area contributed by atoms with Crippen LogP contribution in [0.25, 0.3) is 10.9 Å². The molecule has 0 radical (unpaired) electrons. The van der Waals surface area contributed by atoms with E-state index in [9.17, 15) is 4.79 Å². The summed E-state index contributed by atoms with van der Waals surface area (Å²) >= 11 is 0. The SMILES string of the molecule is Cc1cccc(NC(=O)CCn2ncc3cc(C)ccc32)c1. The van der Waals surface area contributed by atoms with E-state index < -0.39 is 0 Å². The largest absolute Gasteiger partial charge is 0.326 e. The molecule has 3 aromatic rings. The summed E-state index contributed by atoms with van der Waals surface area (Å²) in [7, 11) is 0. The van der Waals surface area contributed by atoms with Gasteiger partial charge in [0.25, 0.3) is 0 Å². The molecule has 1 heterocycles. The van der Waals surface area contributed by atoms with Crippen LogP contribution in [0.5, 0.6) is 0 Å². The van der Waals surface area contributed by atoms with Gasteiger partial charge in [-0.3, -0.25) is 9.48 Å². The molecule has 0 saturated carbocycles. The Morgan fingerprint density at radius 3 is 2.77 bits per heavy atom. The van der Waals surface area contributed by atoms with Gasteiger partial charge < -0.3 is 5.32 Å². The van der Waals surface area contributed by atoms with Gasteiger partial charge in [-0.05, 0) is 43.7 Å². The summed E-state index contributed by atoms with van der Waals surface area (Å²) in [6.07, 6.45) is 2.25. The zero-order valence-corrected chi connectivity index (χ0v) is 12.8. The van der Waals surface area contributed by atoms with Crippen molar-refractivity contribution in [3.63, 3.8) is 0 Å². The summed E-state index contributed by atoms with van der Waals surface area (Å²) in [5.74, 6) is 0.00126. The van der Waals surface area contributed by atoms with Crippen molar-refractivity contribution < 1.29 is 4.79 Å². The van der Waals surface area contributed by atoms with Crippen molar-refractivity contribution in [2.75, 3.05) is 5.32 Å². The molecule has 4 nitrogen and oxygen atoms in total. The molecule has 0 spiro atoms. The third kappa shape index (κ3) is 3.17. The van der Waals surface area contributed by atoms with Crippen molar-refractivity contribution in [2.45, 2.75) is 26.8 Å². The lowest BCUT2D eigenvalue weighted by Gasteiger charge is -2.07. The lowest BCUT2D eigenvalue weighted by atomic mass is 10.2. The molecule has 0 aliphatic rings. The van der Waals surface area contributed by atoms with Crippen molar-refractivity contribution in [2.24, 2.45) is 0 Å². The molecule has 0 aliphatic heterocycles. The Bertz CT molecular complexity index is 820. The smallest absolute Gasteiger partial charge is 0.226 e. The molecule has 0 atom stereocenters. The number of nitrogens with zero attached hydrogens (tertiary/aromatic N) is 2. The van der Waals surface area contributed by atoms with Gasteiger partial charge in [-0.1, -0.05) is 23.8 Å². The number of benzene rings is 2. The highest BCUT2D eigenvalue weighted by atomic mass is 16.1. The zero-order valence-electron chi connectivity index (χ0n) is 12.8. The van der Waals surface area contributed by atoms with Crippen LogP contribution in [0.3, 0.4) is 0 Å².